The van der Waals surface area contributed by atoms with E-state index in [1.54, 1.807) is 24.3 Å². The second-order valence-electron chi connectivity index (χ2n) is 6.70. The molecule has 1 amide bonds. The highest BCUT2D eigenvalue weighted by atomic mass is 19.1. The van der Waals surface area contributed by atoms with Crippen molar-refractivity contribution in [3.63, 3.8) is 0 Å². The van der Waals surface area contributed by atoms with Crippen LogP contribution in [0.15, 0.2) is 42.5 Å². The van der Waals surface area contributed by atoms with Gasteiger partial charge in [0.1, 0.15) is 12.1 Å². The van der Waals surface area contributed by atoms with Crippen LogP contribution in [-0.4, -0.2) is 42.6 Å². The van der Waals surface area contributed by atoms with Gasteiger partial charge >= 0.3 is 5.97 Å². The molecule has 1 fully saturated rings. The molecular weight excluding hydrogens is 349 g/mol. The minimum Gasteiger partial charge on any atom is -0.485 e. The molecule has 1 aliphatic heterocycles. The van der Waals surface area contributed by atoms with E-state index in [0.29, 0.717) is 5.56 Å². The van der Waals surface area contributed by atoms with Crippen LogP contribution in [0.5, 0.6) is 5.75 Å². The zero-order valence-electron chi connectivity index (χ0n) is 15.6. The number of amides is 1. The number of esters is 1. The van der Waals surface area contributed by atoms with Crippen LogP contribution < -0.4 is 4.74 Å². The highest BCUT2D eigenvalue weighted by Gasteiger charge is 2.42. The van der Waals surface area contributed by atoms with Gasteiger partial charge in [0.15, 0.2) is 11.6 Å². The minimum atomic E-state index is -0.763. The first-order valence-corrected chi connectivity index (χ1v) is 8.78. The molecule has 0 spiro atoms. The quantitative estimate of drug-likeness (QED) is 0.774. The Hall–Kier alpha value is -2.89. The molecular formula is C21H22FNO4. The van der Waals surface area contributed by atoms with Crippen LogP contribution in [-0.2, 0) is 9.53 Å². The lowest BCUT2D eigenvalue weighted by Gasteiger charge is -2.22. The van der Waals surface area contributed by atoms with Crippen molar-refractivity contribution < 1.29 is 23.5 Å². The van der Waals surface area contributed by atoms with E-state index in [2.05, 4.69) is 0 Å². The van der Waals surface area contributed by atoms with Gasteiger partial charge in [0.2, 0.25) is 0 Å². The van der Waals surface area contributed by atoms with Crippen molar-refractivity contribution in [3.05, 3.63) is 65.0 Å². The number of carbonyl (C=O) groups excluding carboxylic acids is 2. The molecule has 1 heterocycles. The highest BCUT2D eigenvalue weighted by Crippen LogP contribution is 2.27. The molecule has 2 aromatic carbocycles. The first kappa shape index (κ1) is 18.9. The average molecular weight is 371 g/mol. The van der Waals surface area contributed by atoms with Crippen LogP contribution >= 0.6 is 0 Å². The Labute approximate surface area is 157 Å². The molecule has 0 saturated carbocycles. The zero-order valence-corrected chi connectivity index (χ0v) is 15.6. The van der Waals surface area contributed by atoms with Crippen LogP contribution in [0.25, 0.3) is 0 Å². The first-order chi connectivity index (χ1) is 12.9. The molecule has 0 radical (unpaired) electrons. The molecule has 27 heavy (non-hydrogen) atoms. The minimum absolute atomic E-state index is 0.103. The predicted molar refractivity (Wildman–Crippen MR) is 98.2 cm³/mol. The highest BCUT2D eigenvalue weighted by molar-refractivity contribution is 5.97. The van der Waals surface area contributed by atoms with E-state index in [0.717, 1.165) is 11.1 Å². The van der Waals surface area contributed by atoms with E-state index < -0.39 is 23.9 Å². The third-order valence-electron chi connectivity index (χ3n) is 4.88. The molecule has 1 saturated heterocycles. The maximum Gasteiger partial charge on any atom is 0.328 e. The standard InChI is InChI=1S/C21H22FNO4/c1-13-8-9-15(10-14(13)2)20(24)23-12-16(11-18(23)21(25)26-3)27-19-7-5-4-6-17(19)22/h4-10,16,18H,11-12H2,1-3H3. The molecule has 0 N–H and O–H groups in total. The fraction of sp³-hybridized carbons (Fsp3) is 0.333. The number of ether oxygens (including phenoxy) is 2. The van der Waals surface area contributed by atoms with E-state index in [-0.39, 0.29) is 24.6 Å². The number of aryl methyl sites for hydroxylation is 2. The summed E-state index contributed by atoms with van der Waals surface area (Å²) in [6.45, 7) is 4.08. The largest absolute Gasteiger partial charge is 0.485 e. The van der Waals surface area contributed by atoms with Crippen molar-refractivity contribution >= 4 is 11.9 Å². The molecule has 5 nitrogen and oxygen atoms in total. The van der Waals surface area contributed by atoms with Gasteiger partial charge in [-0.05, 0) is 49.2 Å². The predicted octanol–water partition coefficient (Wildman–Crippen LogP) is 3.28. The molecule has 2 atom stereocenters. The second kappa shape index (κ2) is 7.78. The van der Waals surface area contributed by atoms with Crippen molar-refractivity contribution in [2.75, 3.05) is 13.7 Å². The third kappa shape index (κ3) is 3.94. The summed E-state index contributed by atoms with van der Waals surface area (Å²) in [6.07, 6.45) is -0.251. The molecule has 2 aromatic rings. The summed E-state index contributed by atoms with van der Waals surface area (Å²) in [6, 6.07) is 10.7. The number of benzene rings is 2. The Morgan fingerprint density at radius 2 is 1.85 bits per heavy atom. The summed E-state index contributed by atoms with van der Waals surface area (Å²) in [7, 11) is 1.28. The molecule has 2 unspecified atom stereocenters. The van der Waals surface area contributed by atoms with Crippen molar-refractivity contribution in [2.24, 2.45) is 0 Å². The lowest BCUT2D eigenvalue weighted by atomic mass is 10.1. The lowest BCUT2D eigenvalue weighted by molar-refractivity contribution is -0.145. The summed E-state index contributed by atoms with van der Waals surface area (Å²) in [5.41, 5.74) is 2.57. The third-order valence-corrected chi connectivity index (χ3v) is 4.88. The number of hydrogen-bond acceptors (Lipinski definition) is 4. The maximum atomic E-state index is 13.9. The number of rotatable bonds is 4. The van der Waals surface area contributed by atoms with Crippen molar-refractivity contribution in [1.82, 2.24) is 4.90 Å². The Balaban J connectivity index is 1.83. The molecule has 1 aliphatic rings. The van der Waals surface area contributed by atoms with Crippen molar-refractivity contribution in [2.45, 2.75) is 32.4 Å². The molecule has 0 aromatic heterocycles. The summed E-state index contributed by atoms with van der Waals surface area (Å²) < 4.78 is 24.4. The number of para-hydroxylation sites is 1. The van der Waals surface area contributed by atoms with Gasteiger partial charge in [0.05, 0.1) is 13.7 Å². The van der Waals surface area contributed by atoms with Gasteiger partial charge < -0.3 is 14.4 Å². The van der Waals surface area contributed by atoms with E-state index in [1.807, 2.05) is 19.9 Å². The zero-order chi connectivity index (χ0) is 19.6. The Bertz CT molecular complexity index is 867. The molecule has 3 rings (SSSR count). The van der Waals surface area contributed by atoms with E-state index in [1.165, 1.54) is 24.1 Å². The number of carbonyl (C=O) groups is 2. The van der Waals surface area contributed by atoms with Crippen LogP contribution in [0.3, 0.4) is 0 Å². The average Bonchev–Trinajstić information content (AvgIpc) is 3.08. The summed E-state index contributed by atoms with van der Waals surface area (Å²) in [5.74, 6) is -1.16. The molecule has 0 aliphatic carbocycles. The number of likely N-dealkylation sites (tertiary alicyclic amines) is 1. The number of halogens is 1. The van der Waals surface area contributed by atoms with Gasteiger partial charge in [-0.1, -0.05) is 18.2 Å². The topological polar surface area (TPSA) is 55.8 Å². The fourth-order valence-corrected chi connectivity index (χ4v) is 3.23. The van der Waals surface area contributed by atoms with Gasteiger partial charge in [-0.2, -0.15) is 0 Å². The molecule has 6 heteroatoms. The number of nitrogens with zero attached hydrogens (tertiary/aromatic N) is 1. The summed E-state index contributed by atoms with van der Waals surface area (Å²) >= 11 is 0. The summed E-state index contributed by atoms with van der Waals surface area (Å²) in [5, 5.41) is 0. The smallest absolute Gasteiger partial charge is 0.328 e. The van der Waals surface area contributed by atoms with Gasteiger partial charge in [-0.3, -0.25) is 4.79 Å². The van der Waals surface area contributed by atoms with Crippen LogP contribution in [0.4, 0.5) is 4.39 Å². The van der Waals surface area contributed by atoms with Gasteiger partial charge in [0.25, 0.3) is 5.91 Å². The number of hydrogen-bond donors (Lipinski definition) is 0. The monoisotopic (exact) mass is 371 g/mol. The lowest BCUT2D eigenvalue weighted by Crippen LogP contribution is -2.41. The molecule has 142 valence electrons. The van der Waals surface area contributed by atoms with E-state index >= 15 is 0 Å². The first-order valence-electron chi connectivity index (χ1n) is 8.78. The Morgan fingerprint density at radius 3 is 2.52 bits per heavy atom. The molecule has 0 bridgehead atoms. The Kier molecular flexibility index (Phi) is 5.44. The van der Waals surface area contributed by atoms with Gasteiger partial charge in [-0.25, -0.2) is 9.18 Å². The van der Waals surface area contributed by atoms with Crippen molar-refractivity contribution in [3.8, 4) is 5.75 Å². The Morgan fingerprint density at radius 1 is 1.11 bits per heavy atom. The van der Waals surface area contributed by atoms with Crippen molar-refractivity contribution in [1.29, 1.82) is 0 Å². The maximum absolute atomic E-state index is 13.9. The summed E-state index contributed by atoms with van der Waals surface area (Å²) in [4.78, 5) is 26.6. The fourth-order valence-electron chi connectivity index (χ4n) is 3.23. The van der Waals surface area contributed by atoms with Crippen LogP contribution in [0.1, 0.15) is 27.9 Å². The van der Waals surface area contributed by atoms with Crippen LogP contribution in [0.2, 0.25) is 0 Å². The number of methoxy groups -OCH3 is 1. The van der Waals surface area contributed by atoms with Gasteiger partial charge in [-0.15, -0.1) is 0 Å². The van der Waals surface area contributed by atoms with Gasteiger partial charge in [0, 0.05) is 12.0 Å². The van der Waals surface area contributed by atoms with E-state index in [9.17, 15) is 14.0 Å². The van der Waals surface area contributed by atoms with E-state index in [4.69, 9.17) is 9.47 Å². The normalized spacial score (nSPS) is 19.0. The van der Waals surface area contributed by atoms with Crippen LogP contribution in [0, 0.1) is 19.7 Å². The SMILES string of the molecule is COC(=O)C1CC(Oc2ccccc2F)CN1C(=O)c1ccc(C)c(C)c1. The second-order valence-corrected chi connectivity index (χ2v) is 6.70.